The fourth-order valence-corrected chi connectivity index (χ4v) is 1.62. The van der Waals surface area contributed by atoms with E-state index in [4.69, 9.17) is 5.26 Å². The molecule has 1 N–H and O–H groups in total. The van der Waals surface area contributed by atoms with Gasteiger partial charge in [0.15, 0.2) is 0 Å². The van der Waals surface area contributed by atoms with E-state index in [1.54, 1.807) is 25.2 Å². The second-order valence-electron chi connectivity index (χ2n) is 4.17. The Kier molecular flexibility index (Phi) is 5.97. The number of nitrogens with one attached hydrogen (secondary N) is 1. The summed E-state index contributed by atoms with van der Waals surface area (Å²) in [6.45, 7) is 0.696. The number of hydrogen-bond donors (Lipinski definition) is 1. The molecule has 0 saturated carbocycles. The molecule has 0 atom stereocenters. The summed E-state index contributed by atoms with van der Waals surface area (Å²) in [5, 5.41) is 22.1. The molecule has 1 rings (SSSR count). The Morgan fingerprint density at radius 1 is 1.50 bits per heavy atom. The zero-order valence-electron chi connectivity index (χ0n) is 11.2. The van der Waals surface area contributed by atoms with Gasteiger partial charge in [0.05, 0.1) is 17.4 Å². The maximum absolute atomic E-state index is 11.7. The lowest BCUT2D eigenvalue weighted by Crippen LogP contribution is -2.29. The average Bonchev–Trinajstić information content (AvgIpc) is 2.44. The van der Waals surface area contributed by atoms with Gasteiger partial charge in [0.1, 0.15) is 5.69 Å². The number of anilines is 1. The average molecular weight is 276 g/mol. The van der Waals surface area contributed by atoms with Crippen LogP contribution in [0.4, 0.5) is 11.4 Å². The van der Waals surface area contributed by atoms with Crippen molar-refractivity contribution in [1.82, 2.24) is 4.90 Å². The van der Waals surface area contributed by atoms with Crippen molar-refractivity contribution in [3.8, 4) is 6.07 Å². The van der Waals surface area contributed by atoms with E-state index in [2.05, 4.69) is 5.32 Å². The van der Waals surface area contributed by atoms with Crippen LogP contribution in [0.2, 0.25) is 0 Å². The van der Waals surface area contributed by atoms with Gasteiger partial charge in [0.25, 0.3) is 5.69 Å². The number of benzene rings is 1. The number of nitriles is 1. The number of carbonyl (C=O) groups is 1. The van der Waals surface area contributed by atoms with Crippen molar-refractivity contribution in [2.75, 3.05) is 25.5 Å². The van der Waals surface area contributed by atoms with Gasteiger partial charge in [-0.2, -0.15) is 5.26 Å². The highest BCUT2D eigenvalue weighted by molar-refractivity contribution is 5.76. The van der Waals surface area contributed by atoms with Gasteiger partial charge < -0.3 is 10.2 Å². The van der Waals surface area contributed by atoms with Gasteiger partial charge in [0.2, 0.25) is 5.91 Å². The van der Waals surface area contributed by atoms with Crippen LogP contribution in [-0.2, 0) is 4.79 Å². The van der Waals surface area contributed by atoms with Gasteiger partial charge in [-0.25, -0.2) is 0 Å². The van der Waals surface area contributed by atoms with E-state index >= 15 is 0 Å². The van der Waals surface area contributed by atoms with Crippen molar-refractivity contribution in [3.63, 3.8) is 0 Å². The van der Waals surface area contributed by atoms with Crippen LogP contribution in [0.5, 0.6) is 0 Å². The minimum atomic E-state index is -0.469. The first-order valence-electron chi connectivity index (χ1n) is 6.14. The van der Waals surface area contributed by atoms with Gasteiger partial charge in [-0.05, 0) is 6.07 Å². The molecule has 0 heterocycles. The molecule has 7 nitrogen and oxygen atoms in total. The number of nitrogens with zero attached hydrogens (tertiary/aromatic N) is 3. The molecule has 0 radical (unpaired) electrons. The number of para-hydroxylation sites is 2. The highest BCUT2D eigenvalue weighted by atomic mass is 16.6. The number of amides is 1. The van der Waals surface area contributed by atoms with Crippen molar-refractivity contribution in [2.45, 2.75) is 12.8 Å². The fourth-order valence-electron chi connectivity index (χ4n) is 1.62. The Bertz CT molecular complexity index is 525. The summed E-state index contributed by atoms with van der Waals surface area (Å²) >= 11 is 0. The van der Waals surface area contributed by atoms with Crippen molar-refractivity contribution in [1.29, 1.82) is 5.26 Å². The first-order valence-corrected chi connectivity index (χ1v) is 6.14. The normalized spacial score (nSPS) is 9.60. The first-order chi connectivity index (χ1) is 9.56. The molecule has 20 heavy (non-hydrogen) atoms. The molecule has 1 aromatic carbocycles. The maximum Gasteiger partial charge on any atom is 0.292 e. The molecule has 0 unspecified atom stereocenters. The summed E-state index contributed by atoms with van der Waals surface area (Å²) in [6, 6.07) is 8.25. The standard InChI is InChI=1S/C13H16N4O3/c1-16(10-4-8-14)13(18)7-9-15-11-5-2-3-6-12(11)17(19)20/h2-3,5-6,15H,4,7,9-10H2,1H3. The number of carbonyl (C=O) groups excluding carboxylic acids is 1. The van der Waals surface area contributed by atoms with E-state index in [0.29, 0.717) is 25.2 Å². The molecular weight excluding hydrogens is 260 g/mol. The van der Waals surface area contributed by atoms with Gasteiger partial charge in [-0.1, -0.05) is 12.1 Å². The Hall–Kier alpha value is -2.62. The lowest BCUT2D eigenvalue weighted by atomic mass is 10.2. The van der Waals surface area contributed by atoms with E-state index < -0.39 is 4.92 Å². The molecule has 1 aromatic rings. The third kappa shape index (κ3) is 4.57. The first kappa shape index (κ1) is 15.4. The highest BCUT2D eigenvalue weighted by Crippen LogP contribution is 2.22. The van der Waals surface area contributed by atoms with Gasteiger partial charge in [0, 0.05) is 32.6 Å². The van der Waals surface area contributed by atoms with Crippen LogP contribution < -0.4 is 5.32 Å². The summed E-state index contributed by atoms with van der Waals surface area (Å²) in [7, 11) is 1.63. The van der Waals surface area contributed by atoms with E-state index in [-0.39, 0.29) is 18.0 Å². The summed E-state index contributed by atoms with van der Waals surface area (Å²) in [5.41, 5.74) is 0.378. The van der Waals surface area contributed by atoms with E-state index in [1.807, 2.05) is 6.07 Å². The molecule has 0 bridgehead atoms. The summed E-state index contributed by atoms with van der Waals surface area (Å²) in [5.74, 6) is -0.105. The van der Waals surface area contributed by atoms with E-state index in [0.717, 1.165) is 0 Å². The van der Waals surface area contributed by atoms with Gasteiger partial charge in [-0.3, -0.25) is 14.9 Å². The van der Waals surface area contributed by atoms with E-state index in [9.17, 15) is 14.9 Å². The van der Waals surface area contributed by atoms with Crippen LogP contribution in [-0.4, -0.2) is 35.9 Å². The molecule has 106 valence electrons. The van der Waals surface area contributed by atoms with Crippen LogP contribution >= 0.6 is 0 Å². The largest absolute Gasteiger partial charge is 0.379 e. The molecule has 0 fully saturated rings. The van der Waals surface area contributed by atoms with Crippen molar-refractivity contribution in [3.05, 3.63) is 34.4 Å². The SMILES string of the molecule is CN(CCC#N)C(=O)CCNc1ccccc1[N+](=O)[O-]. The van der Waals surface area contributed by atoms with Gasteiger partial charge >= 0.3 is 0 Å². The molecule has 0 aliphatic carbocycles. The lowest BCUT2D eigenvalue weighted by Gasteiger charge is -2.15. The van der Waals surface area contributed by atoms with Crippen LogP contribution in [0.25, 0.3) is 0 Å². The molecule has 0 aromatic heterocycles. The lowest BCUT2D eigenvalue weighted by molar-refractivity contribution is -0.384. The van der Waals surface area contributed by atoms with Gasteiger partial charge in [-0.15, -0.1) is 0 Å². The predicted molar refractivity (Wildman–Crippen MR) is 74.1 cm³/mol. The smallest absolute Gasteiger partial charge is 0.292 e. The van der Waals surface area contributed by atoms with Crippen molar-refractivity contribution < 1.29 is 9.72 Å². The number of nitro groups is 1. The Balaban J connectivity index is 2.47. The predicted octanol–water partition coefficient (Wildman–Crippen LogP) is 1.77. The Morgan fingerprint density at radius 2 is 2.20 bits per heavy atom. The molecule has 0 saturated heterocycles. The minimum absolute atomic E-state index is 0.0159. The monoisotopic (exact) mass is 276 g/mol. The second kappa shape index (κ2) is 7.74. The molecule has 0 spiro atoms. The quantitative estimate of drug-likeness (QED) is 0.604. The number of rotatable bonds is 7. The Morgan fingerprint density at radius 3 is 2.85 bits per heavy atom. The third-order valence-electron chi connectivity index (χ3n) is 2.74. The molecule has 7 heteroatoms. The van der Waals surface area contributed by atoms with Crippen LogP contribution in [0, 0.1) is 21.4 Å². The van der Waals surface area contributed by atoms with Crippen LogP contribution in [0.3, 0.4) is 0 Å². The minimum Gasteiger partial charge on any atom is -0.379 e. The summed E-state index contributed by atoms with van der Waals surface area (Å²) < 4.78 is 0. The summed E-state index contributed by atoms with van der Waals surface area (Å²) in [6.07, 6.45) is 0.508. The number of nitro benzene ring substituents is 1. The van der Waals surface area contributed by atoms with Crippen LogP contribution in [0.15, 0.2) is 24.3 Å². The van der Waals surface area contributed by atoms with Crippen molar-refractivity contribution >= 4 is 17.3 Å². The van der Waals surface area contributed by atoms with Crippen LogP contribution in [0.1, 0.15) is 12.8 Å². The molecule has 0 aliphatic rings. The zero-order chi connectivity index (χ0) is 15.0. The maximum atomic E-state index is 11.7. The highest BCUT2D eigenvalue weighted by Gasteiger charge is 2.13. The molecule has 0 aliphatic heterocycles. The zero-order valence-corrected chi connectivity index (χ0v) is 11.2. The third-order valence-corrected chi connectivity index (χ3v) is 2.74. The fraction of sp³-hybridized carbons (Fsp3) is 0.385. The molecule has 1 amide bonds. The Labute approximate surface area is 117 Å². The second-order valence-corrected chi connectivity index (χ2v) is 4.17. The summed E-state index contributed by atoms with van der Waals surface area (Å²) in [4.78, 5) is 23.5. The molecular formula is C13H16N4O3. The van der Waals surface area contributed by atoms with E-state index in [1.165, 1.54) is 11.0 Å². The number of hydrogen-bond acceptors (Lipinski definition) is 5. The van der Waals surface area contributed by atoms with Crippen molar-refractivity contribution in [2.24, 2.45) is 0 Å². The topological polar surface area (TPSA) is 99.3 Å².